The lowest BCUT2D eigenvalue weighted by Gasteiger charge is -1.98. The summed E-state index contributed by atoms with van der Waals surface area (Å²) in [7, 11) is 1.64. The molecule has 0 unspecified atom stereocenters. The zero-order chi connectivity index (χ0) is 10.9. The molecule has 1 N–H and O–H groups in total. The van der Waals surface area contributed by atoms with Crippen LogP contribution in [0.4, 0.5) is 0 Å². The predicted molar refractivity (Wildman–Crippen MR) is 60.7 cm³/mol. The summed E-state index contributed by atoms with van der Waals surface area (Å²) in [5.41, 5.74) is 1.24. The lowest BCUT2D eigenvalue weighted by Crippen LogP contribution is -1.85. The minimum atomic E-state index is 0.318. The van der Waals surface area contributed by atoms with Gasteiger partial charge in [0.2, 0.25) is 0 Å². The number of rotatable bonds is 4. The summed E-state index contributed by atoms with van der Waals surface area (Å²) in [6, 6.07) is 7.31. The Kier molecular flexibility index (Phi) is 5.35. The van der Waals surface area contributed by atoms with E-state index in [1.54, 1.807) is 19.2 Å². The number of phenolic OH excluding ortho intramolecular Hbond substituents is 1. The number of phenols is 1. The van der Waals surface area contributed by atoms with Gasteiger partial charge in [-0.15, -0.1) is 5.92 Å². The van der Waals surface area contributed by atoms with Crippen LogP contribution in [0.5, 0.6) is 5.75 Å². The standard InChI is InChI=1S/C13H16O2/c1-15-11-5-3-2-4-6-12-7-9-13(14)10-8-12/h7-10,14H,2,4,6,11H2,1H3. The van der Waals surface area contributed by atoms with Gasteiger partial charge in [0.15, 0.2) is 0 Å². The molecule has 0 fully saturated rings. The largest absolute Gasteiger partial charge is 0.508 e. The van der Waals surface area contributed by atoms with Crippen molar-refractivity contribution in [3.8, 4) is 17.6 Å². The van der Waals surface area contributed by atoms with Crippen molar-refractivity contribution in [3.63, 3.8) is 0 Å². The normalized spacial score (nSPS) is 9.40. The molecule has 15 heavy (non-hydrogen) atoms. The van der Waals surface area contributed by atoms with Gasteiger partial charge in [0.25, 0.3) is 0 Å². The molecule has 0 heterocycles. The average molecular weight is 204 g/mol. The van der Waals surface area contributed by atoms with E-state index in [4.69, 9.17) is 9.84 Å². The van der Waals surface area contributed by atoms with Gasteiger partial charge in [-0.2, -0.15) is 0 Å². The van der Waals surface area contributed by atoms with E-state index in [1.165, 1.54) is 5.56 Å². The maximum absolute atomic E-state index is 9.09. The number of aromatic hydroxyl groups is 1. The molecule has 0 saturated carbocycles. The summed E-state index contributed by atoms with van der Waals surface area (Å²) < 4.78 is 4.82. The Morgan fingerprint density at radius 3 is 2.60 bits per heavy atom. The second-order valence-electron chi connectivity index (χ2n) is 3.31. The Balaban J connectivity index is 2.21. The van der Waals surface area contributed by atoms with E-state index in [0.29, 0.717) is 12.4 Å². The number of methoxy groups -OCH3 is 1. The lowest BCUT2D eigenvalue weighted by atomic mass is 10.1. The van der Waals surface area contributed by atoms with E-state index in [2.05, 4.69) is 11.8 Å². The first-order valence-corrected chi connectivity index (χ1v) is 5.05. The van der Waals surface area contributed by atoms with E-state index >= 15 is 0 Å². The third-order valence-corrected chi connectivity index (χ3v) is 2.05. The summed E-state index contributed by atoms with van der Waals surface area (Å²) in [5, 5.41) is 9.09. The highest BCUT2D eigenvalue weighted by atomic mass is 16.5. The van der Waals surface area contributed by atoms with Gasteiger partial charge < -0.3 is 9.84 Å². The van der Waals surface area contributed by atoms with Crippen LogP contribution >= 0.6 is 0 Å². The molecule has 0 saturated heterocycles. The van der Waals surface area contributed by atoms with Crippen molar-refractivity contribution in [1.29, 1.82) is 0 Å². The van der Waals surface area contributed by atoms with Gasteiger partial charge in [-0.25, -0.2) is 0 Å². The van der Waals surface area contributed by atoms with Crippen LogP contribution in [0.3, 0.4) is 0 Å². The van der Waals surface area contributed by atoms with Crippen molar-refractivity contribution in [2.45, 2.75) is 19.3 Å². The third-order valence-electron chi connectivity index (χ3n) is 2.05. The molecule has 2 nitrogen and oxygen atoms in total. The minimum absolute atomic E-state index is 0.318. The predicted octanol–water partition coefficient (Wildman–Crippen LogP) is 2.36. The number of ether oxygens (including phenoxy) is 1. The fourth-order valence-corrected chi connectivity index (χ4v) is 1.26. The molecule has 0 bridgehead atoms. The van der Waals surface area contributed by atoms with Crippen LogP contribution < -0.4 is 0 Å². The fraction of sp³-hybridized carbons (Fsp3) is 0.385. The molecule has 0 aliphatic rings. The molecule has 0 aliphatic heterocycles. The molecule has 0 spiro atoms. The molecule has 0 amide bonds. The van der Waals surface area contributed by atoms with Crippen molar-refractivity contribution in [3.05, 3.63) is 29.8 Å². The quantitative estimate of drug-likeness (QED) is 0.602. The molecule has 80 valence electrons. The van der Waals surface area contributed by atoms with Crippen LogP contribution in [0, 0.1) is 11.8 Å². The summed E-state index contributed by atoms with van der Waals surface area (Å²) >= 11 is 0. The minimum Gasteiger partial charge on any atom is -0.508 e. The Labute approximate surface area is 90.9 Å². The van der Waals surface area contributed by atoms with Gasteiger partial charge >= 0.3 is 0 Å². The second-order valence-corrected chi connectivity index (χ2v) is 3.31. The van der Waals surface area contributed by atoms with E-state index in [9.17, 15) is 0 Å². The summed E-state index contributed by atoms with van der Waals surface area (Å²) in [6.45, 7) is 0.513. The van der Waals surface area contributed by atoms with Crippen molar-refractivity contribution >= 4 is 0 Å². The van der Waals surface area contributed by atoms with Gasteiger partial charge in [0.1, 0.15) is 12.4 Å². The van der Waals surface area contributed by atoms with E-state index in [0.717, 1.165) is 19.3 Å². The van der Waals surface area contributed by atoms with Crippen LogP contribution in [0.1, 0.15) is 18.4 Å². The van der Waals surface area contributed by atoms with Gasteiger partial charge in [-0.3, -0.25) is 0 Å². The molecule has 1 rings (SSSR count). The van der Waals surface area contributed by atoms with Gasteiger partial charge in [-0.05, 0) is 30.5 Å². The Morgan fingerprint density at radius 2 is 1.93 bits per heavy atom. The molecule has 0 atom stereocenters. The highest BCUT2D eigenvalue weighted by Crippen LogP contribution is 2.11. The molecule has 0 radical (unpaired) electrons. The van der Waals surface area contributed by atoms with Gasteiger partial charge in [-0.1, -0.05) is 18.1 Å². The zero-order valence-corrected chi connectivity index (χ0v) is 8.99. The lowest BCUT2D eigenvalue weighted by molar-refractivity contribution is 0.239. The zero-order valence-electron chi connectivity index (χ0n) is 8.99. The van der Waals surface area contributed by atoms with Crippen LogP contribution in [-0.4, -0.2) is 18.8 Å². The van der Waals surface area contributed by atoms with Crippen molar-refractivity contribution in [1.82, 2.24) is 0 Å². The number of benzene rings is 1. The smallest absolute Gasteiger partial charge is 0.115 e. The van der Waals surface area contributed by atoms with E-state index < -0.39 is 0 Å². The van der Waals surface area contributed by atoms with Gasteiger partial charge in [0, 0.05) is 13.5 Å². The fourth-order valence-electron chi connectivity index (χ4n) is 1.26. The summed E-state index contributed by atoms with van der Waals surface area (Å²) in [4.78, 5) is 0. The van der Waals surface area contributed by atoms with Crippen LogP contribution in [0.25, 0.3) is 0 Å². The number of unbranched alkanes of at least 4 members (excludes halogenated alkanes) is 1. The summed E-state index contributed by atoms with van der Waals surface area (Å²) in [6.07, 6.45) is 2.94. The third kappa shape index (κ3) is 5.09. The highest BCUT2D eigenvalue weighted by Gasteiger charge is 1.92. The number of aryl methyl sites for hydroxylation is 1. The van der Waals surface area contributed by atoms with E-state index in [-0.39, 0.29) is 0 Å². The number of hydrogen-bond donors (Lipinski definition) is 1. The Morgan fingerprint density at radius 1 is 1.20 bits per heavy atom. The van der Waals surface area contributed by atoms with Crippen LogP contribution in [0.2, 0.25) is 0 Å². The average Bonchev–Trinajstić information content (AvgIpc) is 2.26. The van der Waals surface area contributed by atoms with E-state index in [1.807, 2.05) is 12.1 Å². The molecular formula is C13H16O2. The molecule has 2 heteroatoms. The first kappa shape index (κ1) is 11.6. The van der Waals surface area contributed by atoms with Crippen molar-refractivity contribution in [2.75, 3.05) is 13.7 Å². The molecule has 1 aromatic carbocycles. The SMILES string of the molecule is COCC#CCCCc1ccc(O)cc1. The Hall–Kier alpha value is -1.46. The second kappa shape index (κ2) is 6.92. The topological polar surface area (TPSA) is 29.5 Å². The highest BCUT2D eigenvalue weighted by molar-refractivity contribution is 5.25. The van der Waals surface area contributed by atoms with Gasteiger partial charge in [0.05, 0.1) is 0 Å². The first-order chi connectivity index (χ1) is 7.33. The van der Waals surface area contributed by atoms with Crippen LogP contribution in [0.15, 0.2) is 24.3 Å². The monoisotopic (exact) mass is 204 g/mol. The van der Waals surface area contributed by atoms with Crippen molar-refractivity contribution < 1.29 is 9.84 Å². The molecular weight excluding hydrogens is 188 g/mol. The molecule has 0 aromatic heterocycles. The number of hydrogen-bond acceptors (Lipinski definition) is 2. The van der Waals surface area contributed by atoms with Crippen molar-refractivity contribution in [2.24, 2.45) is 0 Å². The maximum Gasteiger partial charge on any atom is 0.115 e. The first-order valence-electron chi connectivity index (χ1n) is 5.05. The Bertz CT molecular complexity index is 330. The van der Waals surface area contributed by atoms with Crippen LogP contribution in [-0.2, 0) is 11.2 Å². The molecule has 1 aromatic rings. The molecule has 0 aliphatic carbocycles. The summed E-state index contributed by atoms with van der Waals surface area (Å²) in [5.74, 6) is 6.28. The maximum atomic E-state index is 9.09.